The molecule has 0 saturated heterocycles. The molecule has 8 nitrogen and oxygen atoms in total. The van der Waals surface area contributed by atoms with Crippen molar-refractivity contribution in [3.05, 3.63) is 36.0 Å². The van der Waals surface area contributed by atoms with E-state index in [9.17, 15) is 13.2 Å². The predicted molar refractivity (Wildman–Crippen MR) is 94.1 cm³/mol. The van der Waals surface area contributed by atoms with Crippen LogP contribution in [0.2, 0.25) is 0 Å². The van der Waals surface area contributed by atoms with Crippen LogP contribution < -0.4 is 15.2 Å². The SMILES string of the molecule is COc1ccc(S(N)(=O)=O)cc1C(=O)Nc1ccnn1[C@H](C)C(C)C. The van der Waals surface area contributed by atoms with Gasteiger partial charge < -0.3 is 10.1 Å². The van der Waals surface area contributed by atoms with Crippen molar-refractivity contribution >= 4 is 21.7 Å². The monoisotopic (exact) mass is 366 g/mol. The highest BCUT2D eigenvalue weighted by molar-refractivity contribution is 7.89. The molecule has 136 valence electrons. The first kappa shape index (κ1) is 18.9. The maximum absolute atomic E-state index is 12.6. The number of carbonyl (C=O) groups excluding carboxylic acids is 1. The zero-order valence-corrected chi connectivity index (χ0v) is 15.4. The van der Waals surface area contributed by atoms with Crippen LogP contribution in [0, 0.1) is 5.92 Å². The molecule has 0 radical (unpaired) electrons. The van der Waals surface area contributed by atoms with Crippen LogP contribution in [-0.4, -0.2) is 31.2 Å². The van der Waals surface area contributed by atoms with Gasteiger partial charge in [0.25, 0.3) is 5.91 Å². The molecule has 2 aromatic rings. The lowest BCUT2D eigenvalue weighted by atomic mass is 10.1. The average Bonchev–Trinajstić information content (AvgIpc) is 3.00. The van der Waals surface area contributed by atoms with E-state index < -0.39 is 15.9 Å². The van der Waals surface area contributed by atoms with E-state index in [-0.39, 0.29) is 22.3 Å². The highest BCUT2D eigenvalue weighted by Crippen LogP contribution is 2.25. The van der Waals surface area contributed by atoms with E-state index >= 15 is 0 Å². The Hall–Kier alpha value is -2.39. The van der Waals surface area contributed by atoms with Crippen molar-refractivity contribution in [3.63, 3.8) is 0 Å². The summed E-state index contributed by atoms with van der Waals surface area (Å²) in [7, 11) is -2.54. The Morgan fingerprint density at radius 2 is 1.96 bits per heavy atom. The van der Waals surface area contributed by atoms with Crippen molar-refractivity contribution in [2.45, 2.75) is 31.7 Å². The van der Waals surface area contributed by atoms with E-state index in [1.54, 1.807) is 16.9 Å². The summed E-state index contributed by atoms with van der Waals surface area (Å²) in [5, 5.41) is 12.1. The Kier molecular flexibility index (Phi) is 5.48. The number of nitrogens with zero attached hydrogens (tertiary/aromatic N) is 2. The number of nitrogens with one attached hydrogen (secondary N) is 1. The smallest absolute Gasteiger partial charge is 0.260 e. The van der Waals surface area contributed by atoms with Crippen LogP contribution in [0.5, 0.6) is 5.75 Å². The van der Waals surface area contributed by atoms with Gasteiger partial charge >= 0.3 is 0 Å². The molecule has 0 unspecified atom stereocenters. The number of amides is 1. The number of hydrogen-bond acceptors (Lipinski definition) is 5. The van der Waals surface area contributed by atoms with E-state index in [0.717, 1.165) is 0 Å². The van der Waals surface area contributed by atoms with Gasteiger partial charge in [0.15, 0.2) is 0 Å². The van der Waals surface area contributed by atoms with Gasteiger partial charge in [0, 0.05) is 6.07 Å². The first-order chi connectivity index (χ1) is 11.6. The molecule has 0 bridgehead atoms. The van der Waals surface area contributed by atoms with Crippen molar-refractivity contribution in [2.24, 2.45) is 11.1 Å². The number of methoxy groups -OCH3 is 1. The third-order valence-corrected chi connectivity index (χ3v) is 4.92. The van der Waals surface area contributed by atoms with Gasteiger partial charge in [0.2, 0.25) is 10.0 Å². The number of aromatic nitrogens is 2. The van der Waals surface area contributed by atoms with Gasteiger partial charge in [0.1, 0.15) is 11.6 Å². The largest absolute Gasteiger partial charge is 0.496 e. The van der Waals surface area contributed by atoms with Gasteiger partial charge in [-0.1, -0.05) is 13.8 Å². The standard InChI is InChI=1S/C16H22N4O4S/c1-10(2)11(3)20-15(7-8-18-20)19-16(21)13-9-12(25(17,22)23)5-6-14(13)24-4/h5-11H,1-4H3,(H,19,21)(H2,17,22,23)/t11-/m1/s1. The van der Waals surface area contributed by atoms with Gasteiger partial charge in [-0.05, 0) is 31.0 Å². The summed E-state index contributed by atoms with van der Waals surface area (Å²) >= 11 is 0. The molecule has 1 aromatic carbocycles. The van der Waals surface area contributed by atoms with E-state index in [1.807, 2.05) is 6.92 Å². The number of ether oxygens (including phenoxy) is 1. The molecule has 0 aliphatic carbocycles. The molecular weight excluding hydrogens is 344 g/mol. The molecule has 1 atom stereocenters. The zero-order valence-electron chi connectivity index (χ0n) is 14.6. The summed E-state index contributed by atoms with van der Waals surface area (Å²) in [6, 6.07) is 5.62. The molecular formula is C16H22N4O4S. The van der Waals surface area contributed by atoms with Crippen LogP contribution in [0.1, 0.15) is 37.2 Å². The van der Waals surface area contributed by atoms with E-state index in [2.05, 4.69) is 24.3 Å². The second kappa shape index (κ2) is 7.24. The normalized spacial score (nSPS) is 12.9. The number of nitrogens with two attached hydrogens (primary N) is 1. The molecule has 3 N–H and O–H groups in total. The quantitative estimate of drug-likeness (QED) is 0.811. The molecule has 1 amide bonds. The van der Waals surface area contributed by atoms with E-state index in [4.69, 9.17) is 9.88 Å². The summed E-state index contributed by atoms with van der Waals surface area (Å²) in [6.07, 6.45) is 1.59. The fourth-order valence-electron chi connectivity index (χ4n) is 2.25. The lowest BCUT2D eigenvalue weighted by Crippen LogP contribution is -2.21. The minimum absolute atomic E-state index is 0.0685. The van der Waals surface area contributed by atoms with Crippen LogP contribution in [0.4, 0.5) is 5.82 Å². The van der Waals surface area contributed by atoms with Crippen molar-refractivity contribution in [2.75, 3.05) is 12.4 Å². The molecule has 0 aliphatic heterocycles. The summed E-state index contributed by atoms with van der Waals surface area (Å²) in [6.45, 7) is 6.10. The van der Waals surface area contributed by atoms with Crippen molar-refractivity contribution in [1.82, 2.24) is 9.78 Å². The third-order valence-electron chi connectivity index (χ3n) is 4.01. The molecule has 1 heterocycles. The molecule has 0 spiro atoms. The molecule has 2 rings (SSSR count). The Bertz CT molecular complexity index is 874. The van der Waals surface area contributed by atoms with Crippen LogP contribution >= 0.6 is 0 Å². The predicted octanol–water partition coefficient (Wildman–Crippen LogP) is 2.01. The van der Waals surface area contributed by atoms with Crippen molar-refractivity contribution < 1.29 is 17.9 Å². The van der Waals surface area contributed by atoms with E-state index in [0.29, 0.717) is 11.7 Å². The molecule has 0 fully saturated rings. The van der Waals surface area contributed by atoms with Crippen LogP contribution in [0.3, 0.4) is 0 Å². The maximum atomic E-state index is 12.6. The topological polar surface area (TPSA) is 116 Å². The van der Waals surface area contributed by atoms with Crippen LogP contribution in [0.15, 0.2) is 35.4 Å². The number of hydrogen-bond donors (Lipinski definition) is 2. The van der Waals surface area contributed by atoms with Crippen LogP contribution in [0.25, 0.3) is 0 Å². The molecule has 1 aromatic heterocycles. The summed E-state index contributed by atoms with van der Waals surface area (Å²) in [4.78, 5) is 12.5. The van der Waals surface area contributed by atoms with E-state index in [1.165, 1.54) is 25.3 Å². The Labute approximate surface area is 147 Å². The molecule has 9 heteroatoms. The second-order valence-electron chi connectivity index (χ2n) is 6.01. The number of anilines is 1. The third kappa shape index (κ3) is 4.18. The van der Waals surface area contributed by atoms with Gasteiger partial charge in [0.05, 0.1) is 29.8 Å². The number of primary sulfonamides is 1. The Balaban J connectivity index is 2.38. The first-order valence-electron chi connectivity index (χ1n) is 7.71. The molecule has 0 aliphatic rings. The minimum Gasteiger partial charge on any atom is -0.496 e. The molecule has 25 heavy (non-hydrogen) atoms. The lowest BCUT2D eigenvalue weighted by molar-refractivity contribution is 0.102. The highest BCUT2D eigenvalue weighted by Gasteiger charge is 2.20. The zero-order chi connectivity index (χ0) is 18.8. The fourth-order valence-corrected chi connectivity index (χ4v) is 2.79. The van der Waals surface area contributed by atoms with Crippen LogP contribution in [-0.2, 0) is 10.0 Å². The fraction of sp³-hybridized carbons (Fsp3) is 0.375. The van der Waals surface area contributed by atoms with Gasteiger partial charge in [-0.15, -0.1) is 0 Å². The number of sulfonamides is 1. The molecule has 0 saturated carbocycles. The first-order valence-corrected chi connectivity index (χ1v) is 9.25. The lowest BCUT2D eigenvalue weighted by Gasteiger charge is -2.19. The van der Waals surface area contributed by atoms with Gasteiger partial charge in [-0.25, -0.2) is 18.2 Å². The van der Waals surface area contributed by atoms with Crippen molar-refractivity contribution in [1.29, 1.82) is 0 Å². The Morgan fingerprint density at radius 3 is 2.52 bits per heavy atom. The van der Waals surface area contributed by atoms with Crippen molar-refractivity contribution in [3.8, 4) is 5.75 Å². The average molecular weight is 366 g/mol. The summed E-state index contributed by atoms with van der Waals surface area (Å²) in [5.41, 5.74) is 0.0685. The number of rotatable bonds is 6. The number of benzene rings is 1. The Morgan fingerprint density at radius 1 is 1.28 bits per heavy atom. The highest BCUT2D eigenvalue weighted by atomic mass is 32.2. The van der Waals surface area contributed by atoms with Gasteiger partial charge in [-0.2, -0.15) is 5.10 Å². The maximum Gasteiger partial charge on any atom is 0.260 e. The summed E-state index contributed by atoms with van der Waals surface area (Å²) < 4.78 is 29.9. The minimum atomic E-state index is -3.93. The van der Waals surface area contributed by atoms with Gasteiger partial charge in [-0.3, -0.25) is 4.79 Å². The summed E-state index contributed by atoms with van der Waals surface area (Å²) in [5.74, 6) is 0.554. The number of carbonyl (C=O) groups is 1. The second-order valence-corrected chi connectivity index (χ2v) is 7.57.